The van der Waals surface area contributed by atoms with E-state index in [0.717, 1.165) is 42.4 Å². The monoisotopic (exact) mass is 468 g/mol. The average molecular weight is 469 g/mol. The van der Waals surface area contributed by atoms with Crippen molar-refractivity contribution in [1.82, 2.24) is 15.3 Å². The Hall–Kier alpha value is -3.46. The molecule has 33 heavy (non-hydrogen) atoms. The van der Waals surface area contributed by atoms with Crippen LogP contribution < -0.4 is 15.5 Å². The van der Waals surface area contributed by atoms with Gasteiger partial charge in [0.15, 0.2) is 0 Å². The lowest BCUT2D eigenvalue weighted by molar-refractivity contribution is -0.384. The van der Waals surface area contributed by atoms with Gasteiger partial charge in [0.2, 0.25) is 5.95 Å². The summed E-state index contributed by atoms with van der Waals surface area (Å²) in [6.07, 6.45) is 3.20. The highest BCUT2D eigenvalue weighted by Crippen LogP contribution is 2.29. The van der Waals surface area contributed by atoms with E-state index in [9.17, 15) is 14.9 Å². The molecule has 1 amide bonds. The first-order chi connectivity index (χ1) is 15.8. The molecular formula is C23H25ClN6O3. The van der Waals surface area contributed by atoms with Gasteiger partial charge in [-0.3, -0.25) is 14.9 Å². The predicted octanol–water partition coefficient (Wildman–Crippen LogP) is 4.41. The first-order valence-electron chi connectivity index (χ1n) is 10.8. The van der Waals surface area contributed by atoms with Gasteiger partial charge in [-0.05, 0) is 43.9 Å². The number of aromatic nitrogens is 2. The number of benzene rings is 2. The number of fused-ring (bicyclic) bond motifs is 1. The van der Waals surface area contributed by atoms with Gasteiger partial charge in [-0.1, -0.05) is 29.8 Å². The van der Waals surface area contributed by atoms with Crippen LogP contribution in [0.1, 0.15) is 36.0 Å². The van der Waals surface area contributed by atoms with Crippen LogP contribution in [0, 0.1) is 10.1 Å². The topological polar surface area (TPSA) is 113 Å². The lowest BCUT2D eigenvalue weighted by Gasteiger charge is -2.30. The molecule has 1 aromatic heterocycles. The molecule has 0 aliphatic heterocycles. The highest BCUT2D eigenvalue weighted by molar-refractivity contribution is 6.35. The van der Waals surface area contributed by atoms with Crippen LogP contribution in [0.5, 0.6) is 0 Å². The van der Waals surface area contributed by atoms with Crippen molar-refractivity contribution in [3.05, 3.63) is 63.2 Å². The number of amides is 1. The van der Waals surface area contributed by atoms with Crippen molar-refractivity contribution in [2.75, 3.05) is 24.3 Å². The van der Waals surface area contributed by atoms with E-state index in [0.29, 0.717) is 5.95 Å². The van der Waals surface area contributed by atoms with Crippen LogP contribution in [0.4, 0.5) is 17.5 Å². The Balaban J connectivity index is 1.38. The second-order valence-electron chi connectivity index (χ2n) is 8.34. The molecule has 0 saturated heterocycles. The van der Waals surface area contributed by atoms with Crippen molar-refractivity contribution in [3.8, 4) is 0 Å². The Kier molecular flexibility index (Phi) is 6.60. The number of halogens is 1. The van der Waals surface area contributed by atoms with Crippen molar-refractivity contribution in [1.29, 1.82) is 0 Å². The van der Waals surface area contributed by atoms with Gasteiger partial charge < -0.3 is 15.5 Å². The van der Waals surface area contributed by atoms with Gasteiger partial charge in [-0.2, -0.15) is 4.98 Å². The molecule has 1 fully saturated rings. The molecule has 0 atom stereocenters. The summed E-state index contributed by atoms with van der Waals surface area (Å²) in [5.41, 5.74) is 0.727. The molecule has 10 heteroatoms. The van der Waals surface area contributed by atoms with Crippen molar-refractivity contribution in [2.24, 2.45) is 0 Å². The molecule has 2 N–H and O–H groups in total. The summed E-state index contributed by atoms with van der Waals surface area (Å²) in [6, 6.07) is 12.3. The maximum atomic E-state index is 12.6. The number of nitro benzene ring substituents is 1. The van der Waals surface area contributed by atoms with E-state index in [4.69, 9.17) is 16.6 Å². The number of carbonyl (C=O) groups excluding carboxylic acids is 1. The molecule has 0 spiro atoms. The van der Waals surface area contributed by atoms with E-state index in [1.54, 1.807) is 0 Å². The molecule has 3 aromatic rings. The molecule has 172 valence electrons. The SMILES string of the molecule is CN(C)c1nc(N[C@H]2CC[C@@H](NC(=O)c3cccc([N+](=O)[O-])c3Cl)CC2)nc2ccccc12. The molecular weight excluding hydrogens is 444 g/mol. The third-order valence-electron chi connectivity index (χ3n) is 5.82. The number of hydrogen-bond acceptors (Lipinski definition) is 7. The number of hydrogen-bond donors (Lipinski definition) is 2. The van der Waals surface area contributed by atoms with Crippen molar-refractivity contribution >= 4 is 45.9 Å². The van der Waals surface area contributed by atoms with Gasteiger partial charge in [-0.15, -0.1) is 0 Å². The number of nitrogens with zero attached hydrogens (tertiary/aromatic N) is 4. The molecule has 1 aliphatic rings. The minimum atomic E-state index is -0.591. The van der Waals surface area contributed by atoms with Gasteiger partial charge in [-0.25, -0.2) is 4.98 Å². The number of para-hydroxylation sites is 1. The summed E-state index contributed by atoms with van der Waals surface area (Å²) in [6.45, 7) is 0. The number of rotatable bonds is 6. The van der Waals surface area contributed by atoms with Crippen LogP contribution in [0.2, 0.25) is 5.02 Å². The molecule has 1 aliphatic carbocycles. The zero-order valence-corrected chi connectivity index (χ0v) is 19.2. The lowest BCUT2D eigenvalue weighted by Crippen LogP contribution is -2.40. The summed E-state index contributed by atoms with van der Waals surface area (Å²) in [5, 5.41) is 18.3. The fourth-order valence-electron chi connectivity index (χ4n) is 4.13. The van der Waals surface area contributed by atoms with Crippen LogP contribution in [0.15, 0.2) is 42.5 Å². The third kappa shape index (κ3) is 4.98. The Labute approximate surface area is 196 Å². The van der Waals surface area contributed by atoms with Crippen LogP contribution >= 0.6 is 11.6 Å². The zero-order valence-electron chi connectivity index (χ0n) is 18.4. The van der Waals surface area contributed by atoms with Crippen LogP contribution in [0.3, 0.4) is 0 Å². The number of nitro groups is 1. The predicted molar refractivity (Wildman–Crippen MR) is 129 cm³/mol. The standard InChI is InChI=1S/C23H25ClN6O3/c1-29(2)21-16-6-3-4-8-18(16)27-23(28-21)26-15-12-10-14(11-13-15)25-22(31)17-7-5-9-19(20(17)24)30(32)33/h3-9,14-15H,10-13H2,1-2H3,(H,25,31)(H,26,27,28)/t14-,15+. The lowest BCUT2D eigenvalue weighted by atomic mass is 9.91. The van der Waals surface area contributed by atoms with Crippen LogP contribution in [0.25, 0.3) is 10.9 Å². The fraction of sp³-hybridized carbons (Fsp3) is 0.348. The highest BCUT2D eigenvalue weighted by Gasteiger charge is 2.26. The molecule has 0 bridgehead atoms. The second kappa shape index (κ2) is 9.58. The van der Waals surface area contributed by atoms with Crippen molar-refractivity contribution in [2.45, 2.75) is 37.8 Å². The average Bonchev–Trinajstić information content (AvgIpc) is 2.79. The van der Waals surface area contributed by atoms with E-state index in [1.165, 1.54) is 18.2 Å². The normalized spacial score (nSPS) is 18.0. The van der Waals surface area contributed by atoms with Crippen molar-refractivity contribution < 1.29 is 9.72 Å². The first-order valence-corrected chi connectivity index (χ1v) is 11.2. The van der Waals surface area contributed by atoms with E-state index in [2.05, 4.69) is 15.6 Å². The molecule has 2 aromatic carbocycles. The Bertz CT molecular complexity index is 1190. The maximum Gasteiger partial charge on any atom is 0.288 e. The van der Waals surface area contributed by atoms with Crippen molar-refractivity contribution in [3.63, 3.8) is 0 Å². The molecule has 0 radical (unpaired) electrons. The second-order valence-corrected chi connectivity index (χ2v) is 8.72. The van der Waals surface area contributed by atoms with Crippen LogP contribution in [-0.2, 0) is 0 Å². The quantitative estimate of drug-likeness (QED) is 0.407. The number of carbonyl (C=O) groups is 1. The van der Waals surface area contributed by atoms with Gasteiger partial charge in [0.25, 0.3) is 11.6 Å². The van der Waals surface area contributed by atoms with Gasteiger partial charge in [0.05, 0.1) is 16.0 Å². The number of nitrogens with one attached hydrogen (secondary N) is 2. The van der Waals surface area contributed by atoms with Gasteiger partial charge >= 0.3 is 0 Å². The van der Waals surface area contributed by atoms with Gasteiger partial charge in [0, 0.05) is 37.6 Å². The Morgan fingerprint density at radius 1 is 1.06 bits per heavy atom. The van der Waals surface area contributed by atoms with E-state index in [1.807, 2.05) is 43.3 Å². The summed E-state index contributed by atoms with van der Waals surface area (Å²) in [4.78, 5) is 34.5. The zero-order chi connectivity index (χ0) is 23.5. The van der Waals surface area contributed by atoms with E-state index in [-0.39, 0.29) is 28.4 Å². The number of anilines is 2. The first kappa shape index (κ1) is 22.7. The summed E-state index contributed by atoms with van der Waals surface area (Å²) in [7, 11) is 3.92. The highest BCUT2D eigenvalue weighted by atomic mass is 35.5. The Morgan fingerprint density at radius 2 is 1.76 bits per heavy atom. The largest absolute Gasteiger partial charge is 0.362 e. The summed E-state index contributed by atoms with van der Waals surface area (Å²) < 4.78 is 0. The van der Waals surface area contributed by atoms with E-state index >= 15 is 0 Å². The smallest absolute Gasteiger partial charge is 0.288 e. The van der Waals surface area contributed by atoms with Crippen LogP contribution in [-0.4, -0.2) is 47.0 Å². The molecule has 1 saturated carbocycles. The van der Waals surface area contributed by atoms with Gasteiger partial charge in [0.1, 0.15) is 10.8 Å². The maximum absolute atomic E-state index is 12.6. The minimum absolute atomic E-state index is 0.0271. The molecule has 9 nitrogen and oxygen atoms in total. The summed E-state index contributed by atoms with van der Waals surface area (Å²) >= 11 is 6.08. The third-order valence-corrected chi connectivity index (χ3v) is 6.22. The fourth-order valence-corrected chi connectivity index (χ4v) is 4.41. The molecule has 1 heterocycles. The van der Waals surface area contributed by atoms with E-state index < -0.39 is 10.8 Å². The molecule has 4 rings (SSSR count). The summed E-state index contributed by atoms with van der Waals surface area (Å²) in [5.74, 6) is 1.06. The Morgan fingerprint density at radius 3 is 2.45 bits per heavy atom. The molecule has 0 unspecified atom stereocenters. The minimum Gasteiger partial charge on any atom is -0.362 e.